The predicted octanol–water partition coefficient (Wildman–Crippen LogP) is 2.91. The second kappa shape index (κ2) is 8.39. The molecular weight excluding hydrogens is 314 g/mol. The van der Waals surface area contributed by atoms with E-state index >= 15 is 0 Å². The van der Waals surface area contributed by atoms with Crippen LogP contribution in [0.2, 0.25) is 0 Å². The minimum Gasteiger partial charge on any atom is -0.392 e. The number of anilines is 1. The van der Waals surface area contributed by atoms with E-state index in [-0.39, 0.29) is 17.4 Å². The Labute approximate surface area is 151 Å². The number of amides is 2. The third kappa shape index (κ3) is 5.49. The van der Waals surface area contributed by atoms with Gasteiger partial charge in [0.15, 0.2) is 0 Å². The van der Waals surface area contributed by atoms with Crippen LogP contribution in [0.5, 0.6) is 0 Å². The molecule has 0 aromatic heterocycles. The Morgan fingerprint density at radius 2 is 1.76 bits per heavy atom. The van der Waals surface area contributed by atoms with E-state index in [1.807, 2.05) is 39.8 Å². The molecule has 0 radical (unpaired) electrons. The molecule has 0 spiro atoms. The zero-order valence-electron chi connectivity index (χ0n) is 15.7. The summed E-state index contributed by atoms with van der Waals surface area (Å²) in [4.78, 5) is 14.3. The van der Waals surface area contributed by atoms with Crippen LogP contribution in [0.1, 0.15) is 33.3 Å². The molecule has 1 unspecified atom stereocenters. The van der Waals surface area contributed by atoms with Crippen LogP contribution in [0.3, 0.4) is 0 Å². The Bertz CT molecular complexity index is 585. The predicted molar refractivity (Wildman–Crippen MR) is 103 cm³/mol. The van der Waals surface area contributed by atoms with E-state index in [4.69, 9.17) is 0 Å². The number of nitrogens with zero attached hydrogens (tertiary/aromatic N) is 1. The normalized spacial score (nSPS) is 15.5. The van der Waals surface area contributed by atoms with Crippen molar-refractivity contribution in [3.8, 4) is 0 Å². The van der Waals surface area contributed by atoms with Crippen molar-refractivity contribution < 1.29 is 9.90 Å². The molecule has 1 heterocycles. The zero-order valence-corrected chi connectivity index (χ0v) is 15.7. The van der Waals surface area contributed by atoms with Gasteiger partial charge in [-0.05, 0) is 23.6 Å². The number of hydrogen-bond donors (Lipinski definition) is 3. The Kier molecular flexibility index (Phi) is 6.48. The van der Waals surface area contributed by atoms with E-state index in [0.29, 0.717) is 13.1 Å². The molecule has 2 amide bonds. The quantitative estimate of drug-likeness (QED) is 0.666. The average Bonchev–Trinajstić information content (AvgIpc) is 3.12. The van der Waals surface area contributed by atoms with Crippen molar-refractivity contribution in [2.75, 3.05) is 24.5 Å². The lowest BCUT2D eigenvalue weighted by Gasteiger charge is -2.33. The molecule has 3 N–H and O–H groups in total. The minimum absolute atomic E-state index is 0.157. The molecule has 1 aliphatic rings. The highest BCUT2D eigenvalue weighted by atomic mass is 16.3. The van der Waals surface area contributed by atoms with Crippen molar-refractivity contribution in [1.82, 2.24) is 10.6 Å². The first kappa shape index (κ1) is 19.3. The molecule has 0 saturated carbocycles. The van der Waals surface area contributed by atoms with Gasteiger partial charge in [0.2, 0.25) is 0 Å². The maximum absolute atomic E-state index is 12.0. The third-order valence-electron chi connectivity index (χ3n) is 4.71. The average molecular weight is 345 g/mol. The smallest absolute Gasteiger partial charge is 0.315 e. The number of hydrogen-bond acceptors (Lipinski definition) is 3. The van der Waals surface area contributed by atoms with Crippen LogP contribution in [0, 0.1) is 11.3 Å². The third-order valence-corrected chi connectivity index (χ3v) is 4.71. The minimum atomic E-state index is -0.458. The summed E-state index contributed by atoms with van der Waals surface area (Å²) in [5, 5.41) is 15.9. The standard InChI is InChI=1S/C20H31N3O2/c1-15(2)18(24)20(3,4)14-22-19(25)21-13-16-7-9-17(10-8-16)23-11-5-6-12-23/h5-10,15,18,24H,11-14H2,1-4H3,(H2,21,22,25). The lowest BCUT2D eigenvalue weighted by atomic mass is 9.81. The molecule has 0 bridgehead atoms. The van der Waals surface area contributed by atoms with Gasteiger partial charge in [0.25, 0.3) is 0 Å². The van der Waals surface area contributed by atoms with Crippen LogP contribution >= 0.6 is 0 Å². The second-order valence-corrected chi connectivity index (χ2v) is 7.76. The van der Waals surface area contributed by atoms with Crippen LogP contribution in [-0.4, -0.2) is 36.9 Å². The van der Waals surface area contributed by atoms with Crippen molar-refractivity contribution in [2.45, 2.75) is 40.3 Å². The molecule has 25 heavy (non-hydrogen) atoms. The summed E-state index contributed by atoms with van der Waals surface area (Å²) >= 11 is 0. The summed E-state index contributed by atoms with van der Waals surface area (Å²) in [7, 11) is 0. The van der Waals surface area contributed by atoms with Crippen LogP contribution in [0.4, 0.5) is 10.5 Å². The molecule has 1 atom stereocenters. The van der Waals surface area contributed by atoms with Crippen molar-refractivity contribution >= 4 is 11.7 Å². The first-order valence-corrected chi connectivity index (χ1v) is 8.98. The van der Waals surface area contributed by atoms with Gasteiger partial charge in [0.1, 0.15) is 0 Å². The Morgan fingerprint density at radius 1 is 1.16 bits per heavy atom. The Morgan fingerprint density at radius 3 is 2.32 bits per heavy atom. The highest BCUT2D eigenvalue weighted by Crippen LogP contribution is 2.25. The highest BCUT2D eigenvalue weighted by molar-refractivity contribution is 5.73. The summed E-state index contributed by atoms with van der Waals surface area (Å²) in [5.41, 5.74) is 1.90. The van der Waals surface area contributed by atoms with Gasteiger partial charge in [-0.2, -0.15) is 0 Å². The van der Waals surface area contributed by atoms with E-state index < -0.39 is 6.10 Å². The maximum atomic E-state index is 12.0. The van der Waals surface area contributed by atoms with Crippen molar-refractivity contribution in [2.24, 2.45) is 11.3 Å². The van der Waals surface area contributed by atoms with Gasteiger partial charge < -0.3 is 20.6 Å². The molecule has 2 rings (SSSR count). The van der Waals surface area contributed by atoms with E-state index in [1.165, 1.54) is 5.69 Å². The highest BCUT2D eigenvalue weighted by Gasteiger charge is 2.30. The molecule has 0 fully saturated rings. The fraction of sp³-hybridized carbons (Fsp3) is 0.550. The number of aliphatic hydroxyl groups excluding tert-OH is 1. The first-order valence-electron chi connectivity index (χ1n) is 8.98. The van der Waals surface area contributed by atoms with Gasteiger partial charge in [-0.1, -0.05) is 52.0 Å². The van der Waals surface area contributed by atoms with Crippen molar-refractivity contribution in [3.05, 3.63) is 42.0 Å². The lowest BCUT2D eigenvalue weighted by Crippen LogP contribution is -2.46. The molecule has 5 nitrogen and oxygen atoms in total. The molecule has 138 valence electrons. The Balaban J connectivity index is 1.76. The van der Waals surface area contributed by atoms with Crippen molar-refractivity contribution in [3.63, 3.8) is 0 Å². The summed E-state index contributed by atoms with van der Waals surface area (Å²) in [5.74, 6) is 0.157. The molecule has 0 aliphatic carbocycles. The van der Waals surface area contributed by atoms with Crippen LogP contribution in [0.15, 0.2) is 36.4 Å². The van der Waals surface area contributed by atoms with Gasteiger partial charge >= 0.3 is 6.03 Å². The van der Waals surface area contributed by atoms with Crippen LogP contribution < -0.4 is 15.5 Å². The van der Waals surface area contributed by atoms with Crippen LogP contribution in [0.25, 0.3) is 0 Å². The number of rotatable bonds is 7. The molecule has 1 aromatic rings. The summed E-state index contributed by atoms with van der Waals surface area (Å²) < 4.78 is 0. The Hall–Kier alpha value is -2.01. The fourth-order valence-electron chi connectivity index (χ4n) is 3.07. The topological polar surface area (TPSA) is 64.6 Å². The van der Waals surface area contributed by atoms with E-state index in [2.05, 4.69) is 39.8 Å². The zero-order chi connectivity index (χ0) is 18.4. The number of benzene rings is 1. The van der Waals surface area contributed by atoms with Crippen molar-refractivity contribution in [1.29, 1.82) is 0 Å². The van der Waals surface area contributed by atoms with Gasteiger partial charge in [0.05, 0.1) is 6.10 Å². The monoisotopic (exact) mass is 345 g/mol. The SMILES string of the molecule is CC(C)C(O)C(C)(C)CNC(=O)NCc1ccc(N2CC=CC2)cc1. The van der Waals surface area contributed by atoms with Gasteiger partial charge in [-0.15, -0.1) is 0 Å². The second-order valence-electron chi connectivity index (χ2n) is 7.76. The van der Waals surface area contributed by atoms with E-state index in [1.54, 1.807) is 0 Å². The first-order chi connectivity index (χ1) is 11.8. The number of aliphatic hydroxyl groups is 1. The summed E-state index contributed by atoms with van der Waals surface area (Å²) in [6, 6.07) is 8.05. The fourth-order valence-corrected chi connectivity index (χ4v) is 3.07. The largest absolute Gasteiger partial charge is 0.392 e. The lowest BCUT2D eigenvalue weighted by molar-refractivity contribution is 0.0151. The van der Waals surface area contributed by atoms with E-state index in [9.17, 15) is 9.90 Å². The van der Waals surface area contributed by atoms with Gasteiger partial charge in [-0.3, -0.25) is 0 Å². The number of carbonyl (C=O) groups excluding carboxylic acids is 1. The number of nitrogens with one attached hydrogen (secondary N) is 2. The molecule has 0 saturated heterocycles. The molecule has 1 aliphatic heterocycles. The summed E-state index contributed by atoms with van der Waals surface area (Å²) in [6.07, 6.45) is 3.87. The van der Waals surface area contributed by atoms with E-state index in [0.717, 1.165) is 18.7 Å². The molecular formula is C20H31N3O2. The summed E-state index contributed by atoms with van der Waals surface area (Å²) in [6.45, 7) is 10.7. The maximum Gasteiger partial charge on any atom is 0.315 e. The number of carbonyl (C=O) groups is 1. The molecule has 1 aromatic carbocycles. The molecule has 5 heteroatoms. The van der Waals surface area contributed by atoms with Gasteiger partial charge in [0, 0.05) is 37.3 Å². The van der Waals surface area contributed by atoms with Crippen LogP contribution in [-0.2, 0) is 6.54 Å². The number of urea groups is 1. The van der Waals surface area contributed by atoms with Gasteiger partial charge in [-0.25, -0.2) is 4.79 Å².